The molecule has 0 bridgehead atoms. The topological polar surface area (TPSA) is 29.9 Å². The van der Waals surface area contributed by atoms with Crippen LogP contribution in [0.15, 0.2) is 6.20 Å². The summed E-state index contributed by atoms with van der Waals surface area (Å²) in [5.41, 5.74) is 1.12. The van der Waals surface area contributed by atoms with Crippen LogP contribution >= 0.6 is 23.4 Å². The smallest absolute Gasteiger partial charge is 0.0834 e. The molecule has 1 heterocycles. The molecule has 18 heavy (non-hydrogen) atoms. The van der Waals surface area contributed by atoms with E-state index in [0.29, 0.717) is 6.04 Å². The Kier molecular flexibility index (Phi) is 7.12. The summed E-state index contributed by atoms with van der Waals surface area (Å²) in [7, 11) is 0. The van der Waals surface area contributed by atoms with Gasteiger partial charge in [0, 0.05) is 11.8 Å². The minimum Gasteiger partial charge on any atom is -0.308 e. The second-order valence-corrected chi connectivity index (χ2v) is 6.16. The standard InChI is InChI=1S/C13H24ClN3S/c1-5-7-18-9-12(15-6-2)13-11(14)8-16-17(13)10(3)4/h8,10,12,15H,5-7,9H2,1-4H3. The number of hydrogen-bond donors (Lipinski definition) is 1. The predicted octanol–water partition coefficient (Wildman–Crippen LogP) is 3.91. The Morgan fingerprint density at radius 2 is 2.17 bits per heavy atom. The van der Waals surface area contributed by atoms with Gasteiger partial charge in [-0.2, -0.15) is 16.9 Å². The van der Waals surface area contributed by atoms with Crippen molar-refractivity contribution in [2.75, 3.05) is 18.1 Å². The van der Waals surface area contributed by atoms with Crippen LogP contribution in [0.2, 0.25) is 5.02 Å². The first kappa shape index (κ1) is 15.9. The van der Waals surface area contributed by atoms with Crippen LogP contribution in [0.3, 0.4) is 0 Å². The maximum Gasteiger partial charge on any atom is 0.0834 e. The van der Waals surface area contributed by atoms with Gasteiger partial charge in [0.1, 0.15) is 0 Å². The number of aromatic nitrogens is 2. The van der Waals surface area contributed by atoms with E-state index >= 15 is 0 Å². The minimum atomic E-state index is 0.281. The summed E-state index contributed by atoms with van der Waals surface area (Å²) in [5, 5.41) is 8.67. The molecular formula is C13H24ClN3S. The minimum absolute atomic E-state index is 0.281. The van der Waals surface area contributed by atoms with Crippen molar-refractivity contribution in [3.8, 4) is 0 Å². The van der Waals surface area contributed by atoms with E-state index < -0.39 is 0 Å². The van der Waals surface area contributed by atoms with E-state index in [4.69, 9.17) is 11.6 Å². The van der Waals surface area contributed by atoms with E-state index in [1.54, 1.807) is 6.20 Å². The van der Waals surface area contributed by atoms with E-state index in [1.807, 2.05) is 16.4 Å². The van der Waals surface area contributed by atoms with Crippen LogP contribution in [0, 0.1) is 0 Å². The van der Waals surface area contributed by atoms with Crippen molar-refractivity contribution in [1.29, 1.82) is 0 Å². The van der Waals surface area contributed by atoms with Gasteiger partial charge in [-0.15, -0.1) is 0 Å². The molecule has 0 saturated heterocycles. The van der Waals surface area contributed by atoms with Crippen LogP contribution in [0.25, 0.3) is 0 Å². The summed E-state index contributed by atoms with van der Waals surface area (Å²) in [6, 6.07) is 0.619. The molecule has 104 valence electrons. The number of hydrogen-bond acceptors (Lipinski definition) is 3. The zero-order valence-electron chi connectivity index (χ0n) is 11.7. The highest BCUT2D eigenvalue weighted by atomic mass is 35.5. The molecule has 5 heteroatoms. The monoisotopic (exact) mass is 289 g/mol. The Bertz CT molecular complexity index is 352. The Balaban J connectivity index is 2.86. The van der Waals surface area contributed by atoms with Gasteiger partial charge in [0.25, 0.3) is 0 Å². The first-order valence-corrected chi connectivity index (χ1v) is 8.19. The van der Waals surface area contributed by atoms with Crippen molar-refractivity contribution in [3.63, 3.8) is 0 Å². The van der Waals surface area contributed by atoms with E-state index in [-0.39, 0.29) is 6.04 Å². The van der Waals surface area contributed by atoms with Crippen molar-refractivity contribution >= 4 is 23.4 Å². The fourth-order valence-electron chi connectivity index (χ4n) is 1.91. The lowest BCUT2D eigenvalue weighted by Crippen LogP contribution is -2.26. The second-order valence-electron chi connectivity index (χ2n) is 4.60. The molecule has 0 aliphatic heterocycles. The van der Waals surface area contributed by atoms with Crippen molar-refractivity contribution < 1.29 is 0 Å². The first-order valence-electron chi connectivity index (χ1n) is 6.65. The summed E-state index contributed by atoms with van der Waals surface area (Å²) in [6.07, 6.45) is 2.96. The molecule has 0 aliphatic carbocycles. The van der Waals surface area contributed by atoms with Crippen molar-refractivity contribution in [3.05, 3.63) is 16.9 Å². The Labute approximate surface area is 120 Å². The maximum atomic E-state index is 6.30. The Hall–Kier alpha value is -0.190. The fourth-order valence-corrected chi connectivity index (χ4v) is 3.14. The molecule has 0 aromatic carbocycles. The molecule has 0 aliphatic rings. The summed E-state index contributed by atoms with van der Waals surface area (Å²) >= 11 is 8.27. The predicted molar refractivity (Wildman–Crippen MR) is 81.7 cm³/mol. The molecule has 0 amide bonds. The van der Waals surface area contributed by atoms with Crippen LogP contribution < -0.4 is 5.32 Å². The molecule has 0 fully saturated rings. The highest BCUT2D eigenvalue weighted by Gasteiger charge is 2.20. The average molecular weight is 290 g/mol. The van der Waals surface area contributed by atoms with Gasteiger partial charge in [-0.05, 0) is 32.6 Å². The molecule has 1 unspecified atom stereocenters. The molecular weight excluding hydrogens is 266 g/mol. The summed E-state index contributed by atoms with van der Waals surface area (Å²) in [6.45, 7) is 9.54. The number of thioether (sulfide) groups is 1. The Morgan fingerprint density at radius 3 is 2.72 bits per heavy atom. The van der Waals surface area contributed by atoms with Crippen molar-refractivity contribution in [1.82, 2.24) is 15.1 Å². The molecule has 0 spiro atoms. The van der Waals surface area contributed by atoms with E-state index in [1.165, 1.54) is 12.2 Å². The zero-order valence-corrected chi connectivity index (χ0v) is 13.3. The highest BCUT2D eigenvalue weighted by molar-refractivity contribution is 7.99. The fraction of sp³-hybridized carbons (Fsp3) is 0.769. The second kappa shape index (κ2) is 8.08. The van der Waals surface area contributed by atoms with Gasteiger partial charge < -0.3 is 5.32 Å². The van der Waals surface area contributed by atoms with Crippen LogP contribution in [0.1, 0.15) is 51.9 Å². The third-order valence-corrected chi connectivity index (χ3v) is 4.25. The van der Waals surface area contributed by atoms with Gasteiger partial charge >= 0.3 is 0 Å². The molecule has 1 aromatic rings. The van der Waals surface area contributed by atoms with Crippen molar-refractivity contribution in [2.45, 2.75) is 46.2 Å². The first-order chi connectivity index (χ1) is 8.61. The van der Waals surface area contributed by atoms with Gasteiger partial charge in [-0.1, -0.05) is 25.4 Å². The third kappa shape index (κ3) is 4.18. The van der Waals surface area contributed by atoms with Crippen LogP contribution in [0.4, 0.5) is 0 Å². The highest BCUT2D eigenvalue weighted by Crippen LogP contribution is 2.28. The van der Waals surface area contributed by atoms with Gasteiger partial charge in [0.05, 0.1) is 23.0 Å². The summed E-state index contributed by atoms with van der Waals surface area (Å²) in [4.78, 5) is 0. The normalized spacial score (nSPS) is 13.2. The largest absolute Gasteiger partial charge is 0.308 e. The van der Waals surface area contributed by atoms with E-state index in [9.17, 15) is 0 Å². The number of nitrogens with zero attached hydrogens (tertiary/aromatic N) is 2. The van der Waals surface area contributed by atoms with Gasteiger partial charge in [0.15, 0.2) is 0 Å². The quantitative estimate of drug-likeness (QED) is 0.736. The SMILES string of the molecule is CCCSCC(NCC)c1c(Cl)cnn1C(C)C. The van der Waals surface area contributed by atoms with Gasteiger partial charge in [-0.25, -0.2) is 0 Å². The molecule has 0 saturated carbocycles. The van der Waals surface area contributed by atoms with Gasteiger partial charge in [-0.3, -0.25) is 4.68 Å². The number of nitrogens with one attached hydrogen (secondary N) is 1. The van der Waals surface area contributed by atoms with Crippen molar-refractivity contribution in [2.24, 2.45) is 0 Å². The van der Waals surface area contributed by atoms with E-state index in [0.717, 1.165) is 23.0 Å². The maximum absolute atomic E-state index is 6.30. The summed E-state index contributed by atoms with van der Waals surface area (Å²) < 4.78 is 2.03. The zero-order chi connectivity index (χ0) is 13.5. The molecule has 1 atom stereocenters. The lowest BCUT2D eigenvalue weighted by atomic mass is 10.2. The molecule has 0 radical (unpaired) electrons. The Morgan fingerprint density at radius 1 is 1.44 bits per heavy atom. The molecule has 1 aromatic heterocycles. The van der Waals surface area contributed by atoms with E-state index in [2.05, 4.69) is 38.1 Å². The van der Waals surface area contributed by atoms with Crippen LogP contribution in [0.5, 0.6) is 0 Å². The van der Waals surface area contributed by atoms with Gasteiger partial charge in [0.2, 0.25) is 0 Å². The summed E-state index contributed by atoms with van der Waals surface area (Å²) in [5.74, 6) is 2.23. The molecule has 1 N–H and O–H groups in total. The number of rotatable bonds is 8. The average Bonchev–Trinajstić information content (AvgIpc) is 2.70. The van der Waals surface area contributed by atoms with Crippen LogP contribution in [-0.4, -0.2) is 27.8 Å². The third-order valence-electron chi connectivity index (χ3n) is 2.69. The molecule has 3 nitrogen and oxygen atoms in total. The lowest BCUT2D eigenvalue weighted by molar-refractivity contribution is 0.468. The van der Waals surface area contributed by atoms with Crippen LogP contribution in [-0.2, 0) is 0 Å². The molecule has 1 rings (SSSR count). The lowest BCUT2D eigenvalue weighted by Gasteiger charge is -2.21. The number of halogens is 1.